The van der Waals surface area contributed by atoms with Gasteiger partial charge < -0.3 is 9.84 Å². The summed E-state index contributed by atoms with van der Waals surface area (Å²) in [6.07, 6.45) is 6.33. The molecule has 0 unspecified atom stereocenters. The van der Waals surface area contributed by atoms with Gasteiger partial charge in [0.15, 0.2) is 0 Å². The Bertz CT molecular complexity index is 247. The van der Waals surface area contributed by atoms with E-state index in [1.807, 2.05) is 0 Å². The Morgan fingerprint density at radius 3 is 2.28 bits per heavy atom. The summed E-state index contributed by atoms with van der Waals surface area (Å²) in [6.45, 7) is 7.03. The maximum atomic E-state index is 11.6. The van der Waals surface area contributed by atoms with Crippen molar-refractivity contribution in [2.45, 2.75) is 71.8 Å². The highest BCUT2D eigenvalue weighted by Crippen LogP contribution is 2.38. The highest BCUT2D eigenvalue weighted by atomic mass is 16.5. The standard InChI is InChI=1S/C15H28O3/c1-15(2,3)12-7-9-13(10-8-12)18-14(17)6-4-5-11-16/h12-13,16H,4-11H2,1-3H3. The largest absolute Gasteiger partial charge is 0.462 e. The fourth-order valence-electron chi connectivity index (χ4n) is 2.67. The van der Waals surface area contributed by atoms with Gasteiger partial charge in [-0.2, -0.15) is 0 Å². The van der Waals surface area contributed by atoms with Crippen LogP contribution in [0.1, 0.15) is 65.7 Å². The number of unbranched alkanes of at least 4 members (excludes halogenated alkanes) is 1. The number of hydrogen-bond donors (Lipinski definition) is 1. The van der Waals surface area contributed by atoms with Crippen molar-refractivity contribution < 1.29 is 14.6 Å². The van der Waals surface area contributed by atoms with Crippen molar-refractivity contribution in [2.75, 3.05) is 6.61 Å². The van der Waals surface area contributed by atoms with Gasteiger partial charge in [-0.3, -0.25) is 4.79 Å². The van der Waals surface area contributed by atoms with Gasteiger partial charge in [-0.05, 0) is 49.9 Å². The Labute approximate surface area is 111 Å². The van der Waals surface area contributed by atoms with Gasteiger partial charge in [-0.15, -0.1) is 0 Å². The van der Waals surface area contributed by atoms with E-state index in [1.54, 1.807) is 0 Å². The van der Waals surface area contributed by atoms with Gasteiger partial charge in [0.25, 0.3) is 0 Å². The minimum absolute atomic E-state index is 0.0948. The Morgan fingerprint density at radius 2 is 1.78 bits per heavy atom. The van der Waals surface area contributed by atoms with Crippen LogP contribution in [0.25, 0.3) is 0 Å². The molecule has 0 saturated heterocycles. The molecule has 1 fully saturated rings. The smallest absolute Gasteiger partial charge is 0.306 e. The van der Waals surface area contributed by atoms with Crippen LogP contribution in [-0.4, -0.2) is 23.8 Å². The molecule has 0 aromatic heterocycles. The van der Waals surface area contributed by atoms with Crippen LogP contribution in [-0.2, 0) is 9.53 Å². The molecule has 1 aliphatic carbocycles. The molecule has 0 amide bonds. The van der Waals surface area contributed by atoms with Gasteiger partial charge in [0, 0.05) is 13.0 Å². The summed E-state index contributed by atoms with van der Waals surface area (Å²) < 4.78 is 5.48. The van der Waals surface area contributed by atoms with E-state index in [0.717, 1.165) is 38.0 Å². The number of esters is 1. The molecule has 0 heterocycles. The van der Waals surface area contributed by atoms with Crippen LogP contribution in [0.3, 0.4) is 0 Å². The first-order chi connectivity index (χ1) is 8.43. The van der Waals surface area contributed by atoms with Crippen LogP contribution in [0.2, 0.25) is 0 Å². The van der Waals surface area contributed by atoms with Crippen molar-refractivity contribution in [3.8, 4) is 0 Å². The van der Waals surface area contributed by atoms with Crippen LogP contribution in [0.15, 0.2) is 0 Å². The highest BCUT2D eigenvalue weighted by Gasteiger charge is 2.30. The van der Waals surface area contributed by atoms with Gasteiger partial charge >= 0.3 is 5.97 Å². The molecule has 3 nitrogen and oxygen atoms in total. The first-order valence-electron chi connectivity index (χ1n) is 7.24. The lowest BCUT2D eigenvalue weighted by Gasteiger charge is -2.36. The normalized spacial score (nSPS) is 24.9. The monoisotopic (exact) mass is 256 g/mol. The van der Waals surface area contributed by atoms with E-state index in [-0.39, 0.29) is 18.7 Å². The second-order valence-electron chi connectivity index (χ2n) is 6.51. The third-order valence-electron chi connectivity index (χ3n) is 3.99. The van der Waals surface area contributed by atoms with Crippen LogP contribution in [0.5, 0.6) is 0 Å². The average molecular weight is 256 g/mol. The zero-order valence-electron chi connectivity index (χ0n) is 12.1. The maximum absolute atomic E-state index is 11.6. The van der Waals surface area contributed by atoms with E-state index in [2.05, 4.69) is 20.8 Å². The van der Waals surface area contributed by atoms with Gasteiger partial charge in [-0.25, -0.2) is 0 Å². The first-order valence-corrected chi connectivity index (χ1v) is 7.24. The van der Waals surface area contributed by atoms with Crippen LogP contribution >= 0.6 is 0 Å². The Hall–Kier alpha value is -0.570. The highest BCUT2D eigenvalue weighted by molar-refractivity contribution is 5.69. The minimum Gasteiger partial charge on any atom is -0.462 e. The molecule has 0 aliphatic heterocycles. The van der Waals surface area contributed by atoms with Crippen LogP contribution < -0.4 is 0 Å². The number of carbonyl (C=O) groups excluding carboxylic acids is 1. The van der Waals surface area contributed by atoms with E-state index in [0.29, 0.717) is 18.3 Å². The molecule has 18 heavy (non-hydrogen) atoms. The van der Waals surface area contributed by atoms with E-state index < -0.39 is 0 Å². The Balaban J connectivity index is 2.21. The quantitative estimate of drug-likeness (QED) is 0.606. The predicted molar refractivity (Wildman–Crippen MR) is 72.2 cm³/mol. The van der Waals surface area contributed by atoms with Crippen LogP contribution in [0.4, 0.5) is 0 Å². The molecule has 0 bridgehead atoms. The zero-order chi connectivity index (χ0) is 13.6. The number of rotatable bonds is 5. The van der Waals surface area contributed by atoms with E-state index >= 15 is 0 Å². The summed E-state index contributed by atoms with van der Waals surface area (Å²) in [7, 11) is 0. The lowest BCUT2D eigenvalue weighted by atomic mass is 9.72. The van der Waals surface area contributed by atoms with Crippen molar-refractivity contribution in [3.63, 3.8) is 0 Å². The van der Waals surface area contributed by atoms with Gasteiger partial charge in [0.05, 0.1) is 0 Å². The molecule has 1 aliphatic rings. The number of hydrogen-bond acceptors (Lipinski definition) is 3. The minimum atomic E-state index is -0.0948. The number of aliphatic hydroxyl groups is 1. The third-order valence-corrected chi connectivity index (χ3v) is 3.99. The van der Waals surface area contributed by atoms with Crippen molar-refractivity contribution in [1.82, 2.24) is 0 Å². The Morgan fingerprint density at radius 1 is 1.17 bits per heavy atom. The summed E-state index contributed by atoms with van der Waals surface area (Å²) in [4.78, 5) is 11.6. The van der Waals surface area contributed by atoms with Crippen molar-refractivity contribution >= 4 is 5.97 Å². The Kier molecular flexibility index (Phi) is 6.13. The molecule has 0 spiro atoms. The molecule has 0 aromatic rings. The first kappa shape index (κ1) is 15.5. The van der Waals surface area contributed by atoms with Crippen molar-refractivity contribution in [1.29, 1.82) is 0 Å². The molecule has 1 saturated carbocycles. The van der Waals surface area contributed by atoms with Gasteiger partial charge in [0.1, 0.15) is 6.10 Å². The predicted octanol–water partition coefficient (Wildman–Crippen LogP) is 3.30. The van der Waals surface area contributed by atoms with E-state index in [1.165, 1.54) is 0 Å². The van der Waals surface area contributed by atoms with Gasteiger partial charge in [0.2, 0.25) is 0 Å². The second-order valence-corrected chi connectivity index (χ2v) is 6.51. The fraction of sp³-hybridized carbons (Fsp3) is 0.933. The van der Waals surface area contributed by atoms with Crippen LogP contribution in [0, 0.1) is 11.3 Å². The summed E-state index contributed by atoms with van der Waals surface area (Å²) in [5, 5.41) is 8.65. The fourth-order valence-corrected chi connectivity index (χ4v) is 2.67. The average Bonchev–Trinajstić information content (AvgIpc) is 2.29. The van der Waals surface area contributed by atoms with Crippen molar-refractivity contribution in [3.05, 3.63) is 0 Å². The second kappa shape index (κ2) is 7.13. The molecular weight excluding hydrogens is 228 g/mol. The molecule has 3 heteroatoms. The van der Waals surface area contributed by atoms with Crippen molar-refractivity contribution in [2.24, 2.45) is 11.3 Å². The molecule has 0 radical (unpaired) electrons. The summed E-state index contributed by atoms with van der Waals surface area (Å²) in [5.74, 6) is 0.657. The third kappa shape index (κ3) is 5.38. The lowest BCUT2D eigenvalue weighted by molar-refractivity contribution is -0.151. The molecule has 1 rings (SSSR count). The summed E-state index contributed by atoms with van der Waals surface area (Å²) in [6, 6.07) is 0. The molecule has 0 aromatic carbocycles. The zero-order valence-corrected chi connectivity index (χ0v) is 12.1. The number of aliphatic hydroxyl groups excluding tert-OH is 1. The van der Waals surface area contributed by atoms with E-state index in [4.69, 9.17) is 9.84 Å². The topological polar surface area (TPSA) is 46.5 Å². The maximum Gasteiger partial charge on any atom is 0.306 e. The SMILES string of the molecule is CC(C)(C)C1CCC(OC(=O)CCCCO)CC1. The lowest BCUT2D eigenvalue weighted by Crippen LogP contribution is -2.30. The number of ether oxygens (including phenoxy) is 1. The molecular formula is C15H28O3. The number of carbonyl (C=O) groups is 1. The molecule has 1 N–H and O–H groups in total. The van der Waals surface area contributed by atoms with E-state index in [9.17, 15) is 4.79 Å². The summed E-state index contributed by atoms with van der Waals surface area (Å²) in [5.41, 5.74) is 0.371. The molecule has 106 valence electrons. The van der Waals surface area contributed by atoms with Gasteiger partial charge in [-0.1, -0.05) is 20.8 Å². The molecule has 0 atom stereocenters. The summed E-state index contributed by atoms with van der Waals surface area (Å²) >= 11 is 0.